The zero-order valence-corrected chi connectivity index (χ0v) is 31.8. The molecule has 2 aromatic rings. The monoisotopic (exact) mass is 732 g/mol. The van der Waals surface area contributed by atoms with Crippen LogP contribution in [0.4, 0.5) is 0 Å². The van der Waals surface area contributed by atoms with Crippen molar-refractivity contribution < 1.29 is 42.1 Å². The molecule has 1 aromatic heterocycles. The molecule has 12 heteroatoms. The molecule has 0 radical (unpaired) electrons. The molecule has 7 atom stereocenters. The SMILES string of the molecule is CC1=C(O)C(=O)C=C2C1=CC=C1[C@@]2(C)CC[C@@]2(C)[C@@H]3C[C@](C)(C(=O)OCC(C)Oc4no[n+]([O-])c4S(=O)(=O)c4ccccc4)CC[C@]3(C)CC[C@]12C. The number of aliphatic hydroxyl groups is 1. The van der Waals surface area contributed by atoms with E-state index in [0.29, 0.717) is 18.4 Å². The van der Waals surface area contributed by atoms with Crippen molar-refractivity contribution in [1.29, 1.82) is 0 Å². The molecule has 5 aliphatic rings. The predicted molar refractivity (Wildman–Crippen MR) is 189 cm³/mol. The van der Waals surface area contributed by atoms with E-state index in [9.17, 15) is 28.3 Å². The molecular formula is C40H48N2O9S. The molecule has 0 bridgehead atoms. The van der Waals surface area contributed by atoms with Crippen molar-refractivity contribution in [1.82, 2.24) is 5.16 Å². The van der Waals surface area contributed by atoms with E-state index in [1.54, 1.807) is 19.1 Å². The van der Waals surface area contributed by atoms with Gasteiger partial charge >= 0.3 is 16.9 Å². The standard InChI is InChI=1S/C40H48N2O9S/c1-24(50-33-34(42(46)51-41-33)52(47,48)26-11-9-8-10-12-26)23-49-35(45)37(4)16-15-36(3)17-19-39(6)30-14-13-27-25(2)32(44)29(43)21-28(27)38(30,5)18-20-40(39,7)31(36)22-37/h8-14,21,24,31,44H,15-20,22-23H2,1-7H3/t24?,31-,36-,37-,38+,39-,40+/m1/s1. The maximum Gasteiger partial charge on any atom is 0.415 e. The third-order valence-electron chi connectivity index (χ3n) is 14.0. The normalized spacial score (nSPS) is 34.8. The van der Waals surface area contributed by atoms with Crippen LogP contribution in [0.3, 0.4) is 0 Å². The number of hydrogen-bond acceptors (Lipinski definition) is 10. The second kappa shape index (κ2) is 11.9. The summed E-state index contributed by atoms with van der Waals surface area (Å²) < 4.78 is 42.6. The summed E-state index contributed by atoms with van der Waals surface area (Å²) in [6, 6.07) is 7.44. The highest BCUT2D eigenvalue weighted by Crippen LogP contribution is 2.75. The topological polar surface area (TPSA) is 160 Å². The molecule has 1 heterocycles. The van der Waals surface area contributed by atoms with Crippen LogP contribution < -0.4 is 9.64 Å². The van der Waals surface area contributed by atoms with Crippen molar-refractivity contribution in [3.8, 4) is 5.88 Å². The molecule has 3 fully saturated rings. The zero-order chi connectivity index (χ0) is 37.6. The number of carbonyl (C=O) groups is 2. The summed E-state index contributed by atoms with van der Waals surface area (Å²) in [4.78, 5) is 26.5. The number of esters is 1. The quantitative estimate of drug-likeness (QED) is 0.230. The van der Waals surface area contributed by atoms with Gasteiger partial charge in [0.25, 0.3) is 9.84 Å². The van der Waals surface area contributed by atoms with E-state index in [4.69, 9.17) is 9.47 Å². The fraction of sp³-hybridized carbons (Fsp3) is 0.550. The number of hydrogen-bond donors (Lipinski definition) is 1. The van der Waals surface area contributed by atoms with Crippen molar-refractivity contribution in [3.63, 3.8) is 0 Å². The summed E-state index contributed by atoms with van der Waals surface area (Å²) in [7, 11) is -4.30. The number of benzene rings is 1. The number of nitrogens with zero attached hydrogens (tertiary/aromatic N) is 2. The second-order valence-electron chi connectivity index (χ2n) is 17.0. The first-order chi connectivity index (χ1) is 24.3. The van der Waals surface area contributed by atoms with Gasteiger partial charge in [-0.15, -0.1) is 0 Å². The molecule has 11 nitrogen and oxygen atoms in total. The van der Waals surface area contributed by atoms with E-state index in [2.05, 4.69) is 49.6 Å². The van der Waals surface area contributed by atoms with E-state index in [1.807, 2.05) is 13.8 Å². The molecule has 52 heavy (non-hydrogen) atoms. The van der Waals surface area contributed by atoms with E-state index < -0.39 is 32.3 Å². The first kappa shape index (κ1) is 36.2. The molecule has 1 N–H and O–H groups in total. The summed E-state index contributed by atoms with van der Waals surface area (Å²) in [5, 5.41) is 25.6. The molecule has 0 amide bonds. The average molecular weight is 733 g/mol. The van der Waals surface area contributed by atoms with Gasteiger partial charge in [0.15, 0.2) is 5.76 Å². The van der Waals surface area contributed by atoms with Gasteiger partial charge in [0.1, 0.15) is 12.7 Å². The fourth-order valence-corrected chi connectivity index (χ4v) is 11.7. The number of allylic oxidation sites excluding steroid dienone is 7. The lowest BCUT2D eigenvalue weighted by Crippen LogP contribution is -2.62. The number of ketones is 1. The van der Waals surface area contributed by atoms with Crippen LogP contribution >= 0.6 is 0 Å². The van der Waals surface area contributed by atoms with Gasteiger partial charge in [0.2, 0.25) is 5.78 Å². The first-order valence-corrected chi connectivity index (χ1v) is 19.6. The number of rotatable bonds is 7. The Labute approximate surface area is 304 Å². The van der Waals surface area contributed by atoms with Crippen molar-refractivity contribution in [2.45, 2.75) is 109 Å². The lowest BCUT2D eigenvalue weighted by atomic mass is 9.34. The Morgan fingerprint density at radius 3 is 2.46 bits per heavy atom. The van der Waals surface area contributed by atoms with Gasteiger partial charge in [-0.25, -0.2) is 8.42 Å². The fourth-order valence-electron chi connectivity index (χ4n) is 10.5. The Hall–Kier alpha value is -4.19. The van der Waals surface area contributed by atoms with E-state index in [-0.39, 0.29) is 61.5 Å². The van der Waals surface area contributed by atoms with Gasteiger partial charge in [0, 0.05) is 11.0 Å². The van der Waals surface area contributed by atoms with Crippen LogP contribution in [0.2, 0.25) is 0 Å². The molecule has 5 aliphatic carbocycles. The smallest absolute Gasteiger partial charge is 0.415 e. The van der Waals surface area contributed by atoms with Crippen molar-refractivity contribution in [2.75, 3.05) is 6.61 Å². The third-order valence-corrected chi connectivity index (χ3v) is 15.7. The molecule has 0 aliphatic heterocycles. The van der Waals surface area contributed by atoms with Crippen molar-refractivity contribution in [2.24, 2.45) is 33.0 Å². The third kappa shape index (κ3) is 5.14. The lowest BCUT2D eigenvalue weighted by Gasteiger charge is -2.70. The minimum Gasteiger partial charge on any atom is -0.504 e. The van der Waals surface area contributed by atoms with Gasteiger partial charge in [0.05, 0.1) is 15.5 Å². The van der Waals surface area contributed by atoms with Gasteiger partial charge in [-0.2, -0.15) is 0 Å². The zero-order valence-electron chi connectivity index (χ0n) is 30.9. The van der Waals surface area contributed by atoms with Gasteiger partial charge in [-0.05, 0) is 122 Å². The second-order valence-corrected chi connectivity index (χ2v) is 18.9. The van der Waals surface area contributed by atoms with Gasteiger partial charge < -0.3 is 19.8 Å². The predicted octanol–water partition coefficient (Wildman–Crippen LogP) is 7.08. The number of ether oxygens (including phenoxy) is 2. The Balaban J connectivity index is 1.10. The van der Waals surface area contributed by atoms with Crippen LogP contribution in [0.5, 0.6) is 5.88 Å². The molecule has 7 rings (SSSR count). The van der Waals surface area contributed by atoms with Crippen LogP contribution in [0.25, 0.3) is 0 Å². The molecule has 1 unspecified atom stereocenters. The number of sulfone groups is 1. The first-order valence-electron chi connectivity index (χ1n) is 18.1. The lowest BCUT2D eigenvalue weighted by molar-refractivity contribution is -0.832. The van der Waals surface area contributed by atoms with Crippen molar-refractivity contribution in [3.05, 3.63) is 81.8 Å². The Morgan fingerprint density at radius 2 is 1.75 bits per heavy atom. The summed E-state index contributed by atoms with van der Waals surface area (Å²) in [6.07, 6.45) is 11.2. The van der Waals surface area contributed by atoms with Crippen LogP contribution in [-0.2, 0) is 24.2 Å². The summed E-state index contributed by atoms with van der Waals surface area (Å²) >= 11 is 0. The number of aliphatic hydroxyl groups excluding tert-OH is 1. The molecule has 1 aromatic carbocycles. The summed E-state index contributed by atoms with van der Waals surface area (Å²) in [5.41, 5.74) is 2.51. The highest BCUT2D eigenvalue weighted by Gasteiger charge is 2.67. The van der Waals surface area contributed by atoms with Crippen LogP contribution in [-0.4, -0.2) is 43.1 Å². The van der Waals surface area contributed by atoms with E-state index in [0.717, 1.165) is 43.3 Å². The molecule has 278 valence electrons. The molecular weight excluding hydrogens is 685 g/mol. The molecule has 0 spiro atoms. The van der Waals surface area contributed by atoms with Crippen molar-refractivity contribution >= 4 is 21.6 Å². The number of aromatic nitrogens is 2. The largest absolute Gasteiger partial charge is 0.504 e. The Kier molecular flexibility index (Phi) is 8.29. The maximum atomic E-state index is 14.0. The Morgan fingerprint density at radius 1 is 1.06 bits per heavy atom. The van der Waals surface area contributed by atoms with Crippen LogP contribution in [0, 0.1) is 38.2 Å². The molecule has 3 saturated carbocycles. The highest BCUT2D eigenvalue weighted by atomic mass is 32.2. The minimum absolute atomic E-state index is 0.0426. The Bertz CT molecular complexity index is 2100. The van der Waals surface area contributed by atoms with E-state index in [1.165, 1.54) is 29.8 Å². The van der Waals surface area contributed by atoms with E-state index >= 15 is 0 Å². The summed E-state index contributed by atoms with van der Waals surface area (Å²) in [6.45, 7) is 14.6. The highest BCUT2D eigenvalue weighted by molar-refractivity contribution is 7.91. The van der Waals surface area contributed by atoms with Crippen LogP contribution in [0.15, 0.2) is 91.2 Å². The number of carbonyl (C=O) groups excluding carboxylic acids is 2. The summed E-state index contributed by atoms with van der Waals surface area (Å²) in [5.74, 6) is -1.14. The minimum atomic E-state index is -4.30. The maximum absolute atomic E-state index is 14.0. The van der Waals surface area contributed by atoms with Gasteiger partial charge in [-0.1, -0.05) is 63.6 Å². The van der Waals surface area contributed by atoms with Crippen LogP contribution in [0.1, 0.15) is 93.4 Å². The average Bonchev–Trinajstić information content (AvgIpc) is 3.48. The number of fused-ring (bicyclic) bond motifs is 7. The molecule has 0 saturated heterocycles. The van der Waals surface area contributed by atoms with Gasteiger partial charge in [-0.3, -0.25) is 14.2 Å².